The predicted octanol–water partition coefficient (Wildman–Crippen LogP) is 2.33. The molecule has 0 unspecified atom stereocenters. The zero-order chi connectivity index (χ0) is 14.3. The van der Waals surface area contributed by atoms with Crippen molar-refractivity contribution in [3.63, 3.8) is 0 Å². The molecule has 0 heterocycles. The molecule has 1 aromatic rings. The first-order valence-electron chi connectivity index (χ1n) is 6.27. The third kappa shape index (κ3) is 7.85. The Morgan fingerprint density at radius 1 is 1.37 bits per heavy atom. The van der Waals surface area contributed by atoms with Gasteiger partial charge >= 0.3 is 0 Å². The summed E-state index contributed by atoms with van der Waals surface area (Å²) in [6, 6.07) is 7.68. The molecule has 1 aromatic carbocycles. The number of carbonyl (C=O) groups is 1. The monoisotopic (exact) mass is 328 g/mol. The van der Waals surface area contributed by atoms with Gasteiger partial charge in [0.1, 0.15) is 12.4 Å². The van der Waals surface area contributed by atoms with Crippen LogP contribution in [0.2, 0.25) is 0 Å². The second kappa shape index (κ2) is 7.50. The van der Waals surface area contributed by atoms with Crippen molar-refractivity contribution in [3.05, 3.63) is 28.7 Å². The lowest BCUT2D eigenvalue weighted by Gasteiger charge is -2.20. The molecule has 1 rings (SSSR count). The average Bonchev–Trinajstić information content (AvgIpc) is 2.26. The molecule has 0 bridgehead atoms. The van der Waals surface area contributed by atoms with Gasteiger partial charge in [-0.15, -0.1) is 0 Å². The molecule has 0 aliphatic heterocycles. The number of hydrogen-bond donors (Lipinski definition) is 2. The van der Waals surface area contributed by atoms with E-state index in [4.69, 9.17) is 4.74 Å². The van der Waals surface area contributed by atoms with E-state index >= 15 is 0 Å². The molecule has 2 N–H and O–H groups in total. The van der Waals surface area contributed by atoms with Gasteiger partial charge in [-0.25, -0.2) is 0 Å². The highest BCUT2D eigenvalue weighted by atomic mass is 79.9. The molecule has 0 aliphatic rings. The number of benzene rings is 1. The summed E-state index contributed by atoms with van der Waals surface area (Å²) >= 11 is 3.38. The molecular formula is C14H21BrN2O2. The first kappa shape index (κ1) is 16.0. The van der Waals surface area contributed by atoms with Crippen LogP contribution in [0.1, 0.15) is 20.8 Å². The molecule has 4 nitrogen and oxygen atoms in total. The Balaban J connectivity index is 2.13. The topological polar surface area (TPSA) is 50.4 Å². The molecule has 1 amide bonds. The Labute approximate surface area is 123 Å². The van der Waals surface area contributed by atoms with E-state index in [1.54, 1.807) is 0 Å². The molecule has 0 saturated carbocycles. The second-order valence-corrected chi connectivity index (χ2v) is 6.20. The van der Waals surface area contributed by atoms with Gasteiger partial charge in [-0.3, -0.25) is 4.79 Å². The summed E-state index contributed by atoms with van der Waals surface area (Å²) in [5, 5.41) is 5.93. The summed E-state index contributed by atoms with van der Waals surface area (Å²) in [5.74, 6) is 0.810. The Morgan fingerprint density at radius 2 is 2.11 bits per heavy atom. The van der Waals surface area contributed by atoms with Crippen molar-refractivity contribution in [2.24, 2.45) is 0 Å². The SMILES string of the molecule is CC(C)(C)NC(=O)CNCCOc1cccc(Br)c1. The number of rotatable bonds is 6. The van der Waals surface area contributed by atoms with Crippen LogP contribution in [-0.4, -0.2) is 31.1 Å². The van der Waals surface area contributed by atoms with E-state index in [-0.39, 0.29) is 11.4 Å². The van der Waals surface area contributed by atoms with Crippen molar-refractivity contribution >= 4 is 21.8 Å². The smallest absolute Gasteiger partial charge is 0.234 e. The number of carbonyl (C=O) groups excluding carboxylic acids is 1. The van der Waals surface area contributed by atoms with E-state index in [2.05, 4.69) is 26.6 Å². The van der Waals surface area contributed by atoms with E-state index in [0.717, 1.165) is 10.2 Å². The lowest BCUT2D eigenvalue weighted by atomic mass is 10.1. The summed E-state index contributed by atoms with van der Waals surface area (Å²) in [7, 11) is 0. The Hall–Kier alpha value is -1.07. The summed E-state index contributed by atoms with van der Waals surface area (Å²) in [4.78, 5) is 11.5. The fourth-order valence-electron chi connectivity index (χ4n) is 1.46. The minimum Gasteiger partial charge on any atom is -0.492 e. The highest BCUT2D eigenvalue weighted by molar-refractivity contribution is 9.10. The number of ether oxygens (including phenoxy) is 1. The molecule has 0 aliphatic carbocycles. The van der Waals surface area contributed by atoms with Crippen LogP contribution in [0.3, 0.4) is 0 Å². The maximum Gasteiger partial charge on any atom is 0.234 e. The standard InChI is InChI=1S/C14H21BrN2O2/c1-14(2,3)17-13(18)10-16-7-8-19-12-6-4-5-11(15)9-12/h4-6,9,16H,7-8,10H2,1-3H3,(H,17,18). The molecule has 19 heavy (non-hydrogen) atoms. The second-order valence-electron chi connectivity index (χ2n) is 5.28. The first-order valence-corrected chi connectivity index (χ1v) is 7.06. The Bertz CT molecular complexity index is 416. The summed E-state index contributed by atoms with van der Waals surface area (Å²) in [6.07, 6.45) is 0. The quantitative estimate of drug-likeness (QED) is 0.788. The molecule has 106 valence electrons. The molecule has 0 fully saturated rings. The van der Waals surface area contributed by atoms with Gasteiger partial charge in [0.25, 0.3) is 0 Å². The lowest BCUT2D eigenvalue weighted by Crippen LogP contribution is -2.45. The highest BCUT2D eigenvalue weighted by Gasteiger charge is 2.12. The van der Waals surface area contributed by atoms with Crippen LogP contribution in [-0.2, 0) is 4.79 Å². The van der Waals surface area contributed by atoms with Gasteiger partial charge in [0.05, 0.1) is 6.54 Å². The zero-order valence-corrected chi connectivity index (χ0v) is 13.2. The molecule has 5 heteroatoms. The Morgan fingerprint density at radius 3 is 2.74 bits per heavy atom. The van der Waals surface area contributed by atoms with Crippen LogP contribution in [0.5, 0.6) is 5.75 Å². The van der Waals surface area contributed by atoms with Gasteiger partial charge in [0.15, 0.2) is 0 Å². The van der Waals surface area contributed by atoms with Crippen molar-refractivity contribution < 1.29 is 9.53 Å². The fraction of sp³-hybridized carbons (Fsp3) is 0.500. The molecular weight excluding hydrogens is 308 g/mol. The molecule has 0 radical (unpaired) electrons. The van der Waals surface area contributed by atoms with Gasteiger partial charge in [0.2, 0.25) is 5.91 Å². The van der Waals surface area contributed by atoms with E-state index < -0.39 is 0 Å². The average molecular weight is 329 g/mol. The third-order valence-electron chi connectivity index (χ3n) is 2.14. The van der Waals surface area contributed by atoms with Crippen molar-refractivity contribution in [2.45, 2.75) is 26.3 Å². The molecule has 0 aromatic heterocycles. The number of amides is 1. The number of nitrogens with one attached hydrogen (secondary N) is 2. The van der Waals surface area contributed by atoms with E-state index in [1.165, 1.54) is 0 Å². The fourth-order valence-corrected chi connectivity index (χ4v) is 1.84. The van der Waals surface area contributed by atoms with E-state index in [0.29, 0.717) is 19.7 Å². The maximum atomic E-state index is 11.5. The van der Waals surface area contributed by atoms with Gasteiger partial charge in [-0.2, -0.15) is 0 Å². The minimum atomic E-state index is -0.189. The summed E-state index contributed by atoms with van der Waals surface area (Å²) < 4.78 is 6.53. The summed E-state index contributed by atoms with van der Waals surface area (Å²) in [5.41, 5.74) is -0.189. The maximum absolute atomic E-state index is 11.5. The zero-order valence-electron chi connectivity index (χ0n) is 11.6. The lowest BCUT2D eigenvalue weighted by molar-refractivity contribution is -0.121. The van der Waals surface area contributed by atoms with Gasteiger partial charge in [-0.05, 0) is 39.0 Å². The van der Waals surface area contributed by atoms with Crippen LogP contribution in [0, 0.1) is 0 Å². The van der Waals surface area contributed by atoms with E-state index in [9.17, 15) is 4.79 Å². The van der Waals surface area contributed by atoms with Crippen LogP contribution in [0.25, 0.3) is 0 Å². The molecule has 0 atom stereocenters. The van der Waals surface area contributed by atoms with Crippen molar-refractivity contribution in [2.75, 3.05) is 19.7 Å². The van der Waals surface area contributed by atoms with Crippen LogP contribution >= 0.6 is 15.9 Å². The molecule has 0 spiro atoms. The number of hydrogen-bond acceptors (Lipinski definition) is 3. The highest BCUT2D eigenvalue weighted by Crippen LogP contribution is 2.17. The normalized spacial score (nSPS) is 11.2. The van der Waals surface area contributed by atoms with Crippen molar-refractivity contribution in [3.8, 4) is 5.75 Å². The molecule has 0 saturated heterocycles. The third-order valence-corrected chi connectivity index (χ3v) is 2.64. The first-order chi connectivity index (χ1) is 8.87. The van der Waals surface area contributed by atoms with E-state index in [1.807, 2.05) is 45.0 Å². The van der Waals surface area contributed by atoms with Crippen LogP contribution in [0.15, 0.2) is 28.7 Å². The van der Waals surface area contributed by atoms with Crippen LogP contribution < -0.4 is 15.4 Å². The van der Waals surface area contributed by atoms with Gasteiger partial charge in [-0.1, -0.05) is 22.0 Å². The summed E-state index contributed by atoms with van der Waals surface area (Å²) in [6.45, 7) is 7.34. The predicted molar refractivity (Wildman–Crippen MR) is 80.4 cm³/mol. The van der Waals surface area contributed by atoms with Crippen molar-refractivity contribution in [1.29, 1.82) is 0 Å². The van der Waals surface area contributed by atoms with Crippen LogP contribution in [0.4, 0.5) is 0 Å². The Kier molecular flexibility index (Phi) is 6.31. The van der Waals surface area contributed by atoms with Gasteiger partial charge < -0.3 is 15.4 Å². The minimum absolute atomic E-state index is 0.00467. The van der Waals surface area contributed by atoms with Gasteiger partial charge in [0, 0.05) is 16.6 Å². The largest absolute Gasteiger partial charge is 0.492 e. The van der Waals surface area contributed by atoms with Crippen molar-refractivity contribution in [1.82, 2.24) is 10.6 Å². The number of halogens is 1.